The Morgan fingerprint density at radius 2 is 2.04 bits per heavy atom. The fraction of sp³-hybridized carbons (Fsp3) is 0.0625. The summed E-state index contributed by atoms with van der Waals surface area (Å²) < 4.78 is 11.8. The van der Waals surface area contributed by atoms with Gasteiger partial charge in [0.2, 0.25) is 16.9 Å². The summed E-state index contributed by atoms with van der Waals surface area (Å²) in [6, 6.07) is 9.27. The standard InChI is InChI=1S/C16H9N5O5S/c22-14-10-5-12-13(26-7-25-12)6-11(10)18-16-20(14)19-15(27-16)17-8-2-1-3-9(4-8)21(23)24/h1-6H,7H2,(H,17,19). The maximum absolute atomic E-state index is 12.8. The maximum atomic E-state index is 12.8. The highest BCUT2D eigenvalue weighted by Crippen LogP contribution is 2.35. The van der Waals surface area contributed by atoms with E-state index in [0.717, 1.165) is 11.3 Å². The molecule has 3 heterocycles. The highest BCUT2D eigenvalue weighted by atomic mass is 32.1. The lowest BCUT2D eigenvalue weighted by Gasteiger charge is -2.00. The number of anilines is 2. The molecule has 0 fully saturated rings. The second-order valence-electron chi connectivity index (χ2n) is 5.67. The molecule has 0 radical (unpaired) electrons. The first-order chi connectivity index (χ1) is 13.1. The lowest BCUT2D eigenvalue weighted by atomic mass is 10.2. The zero-order valence-electron chi connectivity index (χ0n) is 13.4. The summed E-state index contributed by atoms with van der Waals surface area (Å²) >= 11 is 1.16. The van der Waals surface area contributed by atoms with Crippen LogP contribution in [0, 0.1) is 10.1 Å². The van der Waals surface area contributed by atoms with Crippen molar-refractivity contribution in [1.29, 1.82) is 0 Å². The molecule has 0 spiro atoms. The van der Waals surface area contributed by atoms with Gasteiger partial charge in [0, 0.05) is 23.9 Å². The number of hydrogen-bond acceptors (Lipinski definition) is 9. The van der Waals surface area contributed by atoms with Crippen LogP contribution in [0.3, 0.4) is 0 Å². The predicted molar refractivity (Wildman–Crippen MR) is 97.1 cm³/mol. The number of nitro benzene ring substituents is 1. The summed E-state index contributed by atoms with van der Waals surface area (Å²) in [5, 5.41) is 18.9. The van der Waals surface area contributed by atoms with E-state index in [-0.39, 0.29) is 18.0 Å². The first-order valence-corrected chi connectivity index (χ1v) is 8.55. The van der Waals surface area contributed by atoms with Crippen LogP contribution in [0.2, 0.25) is 0 Å². The summed E-state index contributed by atoms with van der Waals surface area (Å²) in [6.45, 7) is 0.108. The highest BCUT2D eigenvalue weighted by Gasteiger charge is 2.19. The molecule has 27 heavy (non-hydrogen) atoms. The zero-order chi connectivity index (χ0) is 18.5. The zero-order valence-corrected chi connectivity index (χ0v) is 14.2. The summed E-state index contributed by atoms with van der Waals surface area (Å²) in [5.41, 5.74) is 0.588. The summed E-state index contributed by atoms with van der Waals surface area (Å²) in [7, 11) is 0. The number of rotatable bonds is 3. The Hall–Kier alpha value is -3.73. The third kappa shape index (κ3) is 2.52. The lowest BCUT2D eigenvalue weighted by molar-refractivity contribution is -0.384. The molecule has 1 N–H and O–H groups in total. The molecule has 5 rings (SSSR count). The Balaban J connectivity index is 1.60. The smallest absolute Gasteiger partial charge is 0.283 e. The maximum Gasteiger partial charge on any atom is 0.283 e. The number of nitro groups is 1. The van der Waals surface area contributed by atoms with Crippen molar-refractivity contribution in [3.05, 3.63) is 56.9 Å². The number of non-ortho nitro benzene ring substituents is 1. The van der Waals surface area contributed by atoms with Gasteiger partial charge in [-0.15, -0.1) is 5.10 Å². The van der Waals surface area contributed by atoms with Crippen molar-refractivity contribution in [2.45, 2.75) is 0 Å². The molecule has 2 aromatic heterocycles. The minimum absolute atomic E-state index is 0.0448. The number of nitrogens with zero attached hydrogens (tertiary/aromatic N) is 4. The second-order valence-corrected chi connectivity index (χ2v) is 6.63. The lowest BCUT2D eigenvalue weighted by Crippen LogP contribution is -2.15. The van der Waals surface area contributed by atoms with E-state index in [1.807, 2.05) is 0 Å². The van der Waals surface area contributed by atoms with Gasteiger partial charge in [-0.2, -0.15) is 4.52 Å². The largest absolute Gasteiger partial charge is 0.454 e. The molecule has 0 unspecified atom stereocenters. The second kappa shape index (κ2) is 5.64. The minimum atomic E-state index is -0.481. The van der Waals surface area contributed by atoms with Crippen molar-refractivity contribution in [1.82, 2.24) is 14.6 Å². The Bertz CT molecular complexity index is 1300. The van der Waals surface area contributed by atoms with Gasteiger partial charge >= 0.3 is 0 Å². The monoisotopic (exact) mass is 383 g/mol. The molecule has 0 aliphatic carbocycles. The van der Waals surface area contributed by atoms with Crippen molar-refractivity contribution in [3.8, 4) is 11.5 Å². The van der Waals surface area contributed by atoms with Gasteiger partial charge in [-0.3, -0.25) is 14.9 Å². The van der Waals surface area contributed by atoms with Crippen molar-refractivity contribution in [2.75, 3.05) is 12.1 Å². The summed E-state index contributed by atoms with van der Waals surface area (Å²) in [5.74, 6) is 1.03. The Kier molecular flexibility index (Phi) is 3.24. The Morgan fingerprint density at radius 1 is 1.22 bits per heavy atom. The van der Waals surface area contributed by atoms with Crippen molar-refractivity contribution in [3.63, 3.8) is 0 Å². The van der Waals surface area contributed by atoms with E-state index >= 15 is 0 Å². The molecule has 134 valence electrons. The number of aromatic nitrogens is 3. The average Bonchev–Trinajstić information content (AvgIpc) is 3.27. The number of ether oxygens (including phenoxy) is 2. The fourth-order valence-corrected chi connectivity index (χ4v) is 3.59. The van der Waals surface area contributed by atoms with Crippen molar-refractivity contribution >= 4 is 43.7 Å². The molecular formula is C16H9N5O5S. The molecule has 11 heteroatoms. The van der Waals surface area contributed by atoms with Gasteiger partial charge in [-0.05, 0) is 12.1 Å². The van der Waals surface area contributed by atoms with Crippen LogP contribution in [-0.2, 0) is 0 Å². The van der Waals surface area contributed by atoms with E-state index in [2.05, 4.69) is 15.4 Å². The normalized spacial score (nSPS) is 12.6. The third-order valence-corrected chi connectivity index (χ3v) is 4.82. The number of benzene rings is 2. The molecule has 1 aliphatic rings. The molecule has 0 atom stereocenters. The van der Waals surface area contributed by atoms with Gasteiger partial charge in [0.15, 0.2) is 11.5 Å². The van der Waals surface area contributed by atoms with Gasteiger partial charge < -0.3 is 14.8 Å². The fourth-order valence-electron chi connectivity index (χ4n) is 2.77. The van der Waals surface area contributed by atoms with Gasteiger partial charge in [0.05, 0.1) is 15.8 Å². The van der Waals surface area contributed by atoms with E-state index in [0.29, 0.717) is 38.2 Å². The van der Waals surface area contributed by atoms with Gasteiger partial charge in [-0.25, -0.2) is 4.98 Å². The molecule has 10 nitrogen and oxygen atoms in total. The van der Waals surface area contributed by atoms with Crippen LogP contribution in [0.4, 0.5) is 16.5 Å². The average molecular weight is 383 g/mol. The number of fused-ring (bicyclic) bond motifs is 3. The quantitative estimate of drug-likeness (QED) is 0.423. The number of nitrogens with one attached hydrogen (secondary N) is 1. The van der Waals surface area contributed by atoms with Crippen LogP contribution in [0.25, 0.3) is 15.9 Å². The number of hydrogen-bond donors (Lipinski definition) is 1. The van der Waals surface area contributed by atoms with Gasteiger partial charge in [0.1, 0.15) is 0 Å². The predicted octanol–water partition coefficient (Wildman–Crippen LogP) is 2.68. The molecular weight excluding hydrogens is 374 g/mol. The van der Waals surface area contributed by atoms with E-state index in [1.54, 1.807) is 24.3 Å². The summed E-state index contributed by atoms with van der Waals surface area (Å²) in [6.07, 6.45) is 0. The molecule has 1 aliphatic heterocycles. The van der Waals surface area contributed by atoms with Crippen LogP contribution < -0.4 is 20.3 Å². The molecule has 0 saturated carbocycles. The molecule has 0 saturated heterocycles. The Labute approximate surface area is 153 Å². The first-order valence-electron chi connectivity index (χ1n) is 7.73. The molecule has 2 aromatic carbocycles. The SMILES string of the molecule is O=c1c2cc3c(cc2nc2sc(Nc4cccc([N+](=O)[O-])c4)nn12)OCO3. The topological polar surface area (TPSA) is 121 Å². The third-order valence-electron chi connectivity index (χ3n) is 4.00. The van der Waals surface area contributed by atoms with E-state index < -0.39 is 4.92 Å². The van der Waals surface area contributed by atoms with E-state index in [1.165, 1.54) is 16.6 Å². The van der Waals surface area contributed by atoms with Crippen LogP contribution in [0.1, 0.15) is 0 Å². The van der Waals surface area contributed by atoms with Crippen LogP contribution in [0.15, 0.2) is 41.2 Å². The summed E-state index contributed by atoms with van der Waals surface area (Å²) in [4.78, 5) is 28.0. The van der Waals surface area contributed by atoms with Gasteiger partial charge in [0.25, 0.3) is 11.2 Å². The minimum Gasteiger partial charge on any atom is -0.454 e. The highest BCUT2D eigenvalue weighted by molar-refractivity contribution is 7.20. The van der Waals surface area contributed by atoms with Gasteiger partial charge in [-0.1, -0.05) is 17.4 Å². The van der Waals surface area contributed by atoms with E-state index in [9.17, 15) is 14.9 Å². The molecule has 0 amide bonds. The van der Waals surface area contributed by atoms with Crippen molar-refractivity contribution < 1.29 is 14.4 Å². The molecule has 4 aromatic rings. The van der Waals surface area contributed by atoms with Crippen molar-refractivity contribution in [2.24, 2.45) is 0 Å². The van der Waals surface area contributed by atoms with Crippen LogP contribution >= 0.6 is 11.3 Å². The Morgan fingerprint density at radius 3 is 2.85 bits per heavy atom. The molecule has 0 bridgehead atoms. The van der Waals surface area contributed by atoms with E-state index in [4.69, 9.17) is 9.47 Å². The van der Waals surface area contributed by atoms with Crippen LogP contribution in [0.5, 0.6) is 11.5 Å². The van der Waals surface area contributed by atoms with Crippen LogP contribution in [-0.4, -0.2) is 26.3 Å². The first kappa shape index (κ1) is 15.5.